The van der Waals surface area contributed by atoms with Crippen molar-refractivity contribution >= 4 is 0 Å². The molecule has 110 valence electrons. The van der Waals surface area contributed by atoms with E-state index in [1.54, 1.807) is 0 Å². The normalized spacial score (nSPS) is 15.9. The van der Waals surface area contributed by atoms with Crippen molar-refractivity contribution in [2.24, 2.45) is 0 Å². The van der Waals surface area contributed by atoms with Gasteiger partial charge in [0.05, 0.1) is 0 Å². The first-order valence-electron chi connectivity index (χ1n) is 7.95. The lowest BCUT2D eigenvalue weighted by Crippen LogP contribution is -2.33. The van der Waals surface area contributed by atoms with E-state index >= 15 is 0 Å². The Morgan fingerprint density at radius 1 is 0.952 bits per heavy atom. The van der Waals surface area contributed by atoms with Crippen molar-refractivity contribution in [2.45, 2.75) is 32.5 Å². The molecule has 2 nitrogen and oxygen atoms in total. The summed E-state index contributed by atoms with van der Waals surface area (Å²) in [6, 6.07) is 20.2. The van der Waals surface area contributed by atoms with Crippen molar-refractivity contribution in [3.8, 4) is 0 Å². The molecule has 0 bridgehead atoms. The van der Waals surface area contributed by atoms with E-state index < -0.39 is 0 Å². The van der Waals surface area contributed by atoms with Gasteiger partial charge in [0.1, 0.15) is 0 Å². The van der Waals surface area contributed by atoms with Gasteiger partial charge >= 0.3 is 0 Å². The molecule has 0 spiro atoms. The van der Waals surface area contributed by atoms with Gasteiger partial charge in [-0.2, -0.15) is 0 Å². The van der Waals surface area contributed by atoms with E-state index in [9.17, 15) is 0 Å². The van der Waals surface area contributed by atoms with Crippen LogP contribution in [0, 0.1) is 0 Å². The van der Waals surface area contributed by atoms with E-state index in [1.807, 2.05) is 0 Å². The van der Waals surface area contributed by atoms with Crippen molar-refractivity contribution in [1.82, 2.24) is 10.2 Å². The molecule has 1 aliphatic rings. The fraction of sp³-hybridized carbons (Fsp3) is 0.368. The number of rotatable bonds is 6. The topological polar surface area (TPSA) is 15.3 Å². The van der Waals surface area contributed by atoms with Crippen LogP contribution in [-0.2, 0) is 13.1 Å². The van der Waals surface area contributed by atoms with E-state index in [0.717, 1.165) is 26.2 Å². The molecule has 1 heterocycles. The Kier molecular flexibility index (Phi) is 4.69. The summed E-state index contributed by atoms with van der Waals surface area (Å²) in [7, 11) is 0. The number of hydrogen-bond acceptors (Lipinski definition) is 2. The molecule has 2 aromatic rings. The van der Waals surface area contributed by atoms with E-state index in [1.165, 1.54) is 23.1 Å². The lowest BCUT2D eigenvalue weighted by atomic mass is 10.1. The van der Waals surface area contributed by atoms with E-state index in [2.05, 4.69) is 71.7 Å². The Hall–Kier alpha value is -1.64. The van der Waals surface area contributed by atoms with Crippen LogP contribution in [0.25, 0.3) is 0 Å². The first-order valence-corrected chi connectivity index (χ1v) is 7.95. The predicted octanol–water partition coefficient (Wildman–Crippen LogP) is 3.74. The summed E-state index contributed by atoms with van der Waals surface area (Å²) in [4.78, 5) is 2.59. The average molecular weight is 280 g/mol. The van der Waals surface area contributed by atoms with Gasteiger partial charge in [-0.3, -0.25) is 4.90 Å². The van der Waals surface area contributed by atoms with Gasteiger partial charge in [0.15, 0.2) is 0 Å². The van der Waals surface area contributed by atoms with Gasteiger partial charge < -0.3 is 5.32 Å². The second kappa shape index (κ2) is 6.88. The smallest absolute Gasteiger partial charge is 0.0479 e. The molecule has 0 radical (unpaired) electrons. The zero-order valence-corrected chi connectivity index (χ0v) is 12.8. The fourth-order valence-corrected chi connectivity index (χ4v) is 3.13. The molecule has 0 fully saturated rings. The van der Waals surface area contributed by atoms with Crippen molar-refractivity contribution in [3.63, 3.8) is 0 Å². The first kappa shape index (κ1) is 14.3. The minimum absolute atomic E-state index is 0.449. The van der Waals surface area contributed by atoms with Gasteiger partial charge in [0.25, 0.3) is 0 Å². The number of benzene rings is 2. The van der Waals surface area contributed by atoms with Gasteiger partial charge in [0.2, 0.25) is 0 Å². The van der Waals surface area contributed by atoms with Crippen molar-refractivity contribution in [3.05, 3.63) is 71.3 Å². The summed E-state index contributed by atoms with van der Waals surface area (Å²) >= 11 is 0. The maximum Gasteiger partial charge on any atom is 0.0479 e. The number of fused-ring (bicyclic) bond motifs is 1. The molecule has 21 heavy (non-hydrogen) atoms. The third kappa shape index (κ3) is 3.34. The van der Waals surface area contributed by atoms with E-state index in [4.69, 9.17) is 0 Å². The molecule has 0 aromatic heterocycles. The Morgan fingerprint density at radius 3 is 2.19 bits per heavy atom. The van der Waals surface area contributed by atoms with Gasteiger partial charge in [-0.25, -0.2) is 0 Å². The average Bonchev–Trinajstić information content (AvgIpc) is 2.96. The van der Waals surface area contributed by atoms with Gasteiger partial charge in [-0.1, -0.05) is 61.5 Å². The van der Waals surface area contributed by atoms with Crippen molar-refractivity contribution < 1.29 is 0 Å². The van der Waals surface area contributed by atoms with Crippen LogP contribution >= 0.6 is 0 Å². The number of hydrogen-bond donors (Lipinski definition) is 1. The third-order valence-electron chi connectivity index (χ3n) is 4.25. The Balaban J connectivity index is 1.77. The Labute approximate surface area is 127 Å². The molecule has 1 aliphatic heterocycles. The van der Waals surface area contributed by atoms with Crippen molar-refractivity contribution in [1.29, 1.82) is 0 Å². The zero-order valence-electron chi connectivity index (χ0n) is 12.8. The molecule has 3 rings (SSSR count). The summed E-state index contributed by atoms with van der Waals surface area (Å²) in [6.45, 7) is 6.44. The molecule has 0 amide bonds. The molecular weight excluding hydrogens is 256 g/mol. The molecule has 0 aliphatic carbocycles. The van der Waals surface area contributed by atoms with Crippen LogP contribution in [0.4, 0.5) is 0 Å². The van der Waals surface area contributed by atoms with Crippen LogP contribution in [0.15, 0.2) is 54.6 Å². The van der Waals surface area contributed by atoms with Crippen LogP contribution in [-0.4, -0.2) is 18.0 Å². The van der Waals surface area contributed by atoms with Gasteiger partial charge in [0, 0.05) is 25.7 Å². The Bertz CT molecular complexity index is 540. The largest absolute Gasteiger partial charge is 0.315 e. The first-order chi connectivity index (χ1) is 10.4. The van der Waals surface area contributed by atoms with Gasteiger partial charge in [-0.05, 0) is 29.7 Å². The molecule has 2 aromatic carbocycles. The second-order valence-electron chi connectivity index (χ2n) is 5.80. The molecular formula is C19H24N2. The van der Waals surface area contributed by atoms with Gasteiger partial charge in [-0.15, -0.1) is 0 Å². The van der Waals surface area contributed by atoms with Crippen LogP contribution in [0.3, 0.4) is 0 Å². The molecule has 0 saturated carbocycles. The summed E-state index contributed by atoms with van der Waals surface area (Å²) in [5.41, 5.74) is 4.37. The van der Waals surface area contributed by atoms with Crippen molar-refractivity contribution in [2.75, 3.05) is 13.1 Å². The minimum atomic E-state index is 0.449. The maximum absolute atomic E-state index is 3.60. The lowest BCUT2D eigenvalue weighted by Gasteiger charge is -2.28. The molecule has 1 unspecified atom stereocenters. The summed E-state index contributed by atoms with van der Waals surface area (Å²) in [6.07, 6.45) is 1.18. The Morgan fingerprint density at radius 2 is 1.57 bits per heavy atom. The molecule has 1 atom stereocenters. The monoisotopic (exact) mass is 280 g/mol. The number of nitrogens with one attached hydrogen (secondary N) is 1. The third-order valence-corrected chi connectivity index (χ3v) is 4.25. The second-order valence-corrected chi connectivity index (χ2v) is 5.80. The van der Waals surface area contributed by atoms with Crippen LogP contribution in [0.2, 0.25) is 0 Å². The standard InChI is InChI=1S/C19H24N2/c1-2-12-20-13-19(16-8-4-3-5-9-16)21-14-17-10-6-7-11-18(17)15-21/h3-11,19-20H,2,12-15H2,1H3. The molecule has 2 heteroatoms. The highest BCUT2D eigenvalue weighted by Gasteiger charge is 2.26. The van der Waals surface area contributed by atoms with E-state index in [0.29, 0.717) is 6.04 Å². The van der Waals surface area contributed by atoms with Crippen LogP contribution < -0.4 is 5.32 Å². The quantitative estimate of drug-likeness (QED) is 0.811. The van der Waals surface area contributed by atoms with Crippen LogP contribution in [0.5, 0.6) is 0 Å². The van der Waals surface area contributed by atoms with E-state index in [-0.39, 0.29) is 0 Å². The zero-order chi connectivity index (χ0) is 14.5. The summed E-state index contributed by atoms with van der Waals surface area (Å²) in [5.74, 6) is 0. The molecule has 1 N–H and O–H groups in total. The minimum Gasteiger partial charge on any atom is -0.315 e. The lowest BCUT2D eigenvalue weighted by molar-refractivity contribution is 0.195. The van der Waals surface area contributed by atoms with Crippen LogP contribution in [0.1, 0.15) is 36.1 Å². The number of nitrogens with zero attached hydrogens (tertiary/aromatic N) is 1. The summed E-state index contributed by atoms with van der Waals surface area (Å²) in [5, 5.41) is 3.60. The fourth-order valence-electron chi connectivity index (χ4n) is 3.13. The summed E-state index contributed by atoms with van der Waals surface area (Å²) < 4.78 is 0. The molecule has 0 saturated heterocycles. The highest BCUT2D eigenvalue weighted by Crippen LogP contribution is 2.30. The highest BCUT2D eigenvalue weighted by molar-refractivity contribution is 5.31. The maximum atomic E-state index is 3.60. The predicted molar refractivity (Wildman–Crippen MR) is 88.0 cm³/mol. The SMILES string of the molecule is CCCNCC(c1ccccc1)N1Cc2ccccc2C1. The highest BCUT2D eigenvalue weighted by atomic mass is 15.2.